The average Bonchev–Trinajstić information content (AvgIpc) is 2.45. The van der Waals surface area contributed by atoms with Crippen LogP contribution in [-0.4, -0.2) is 29.9 Å². The van der Waals surface area contributed by atoms with E-state index in [2.05, 4.69) is 0 Å². The van der Waals surface area contributed by atoms with E-state index < -0.39 is 52.9 Å². The van der Waals surface area contributed by atoms with Gasteiger partial charge >= 0.3 is 29.9 Å². The van der Waals surface area contributed by atoms with Crippen molar-refractivity contribution in [3.8, 4) is 0 Å². The molecule has 0 atom stereocenters. The zero-order valence-electron chi connectivity index (χ0n) is 9.79. The van der Waals surface area contributed by atoms with Gasteiger partial charge in [0.15, 0.2) is 5.83 Å². The Bertz CT molecular complexity index is 570. The van der Waals surface area contributed by atoms with Gasteiger partial charge in [0.25, 0.3) is 6.08 Å². The Morgan fingerprint density at radius 3 is 1.43 bits per heavy atom. The molecular formula is C9F14. The van der Waals surface area contributed by atoms with Crippen molar-refractivity contribution in [1.29, 1.82) is 0 Å². The van der Waals surface area contributed by atoms with Crippen molar-refractivity contribution >= 4 is 0 Å². The predicted molar refractivity (Wildman–Crippen MR) is 43.2 cm³/mol. The number of rotatable bonds is 2. The molecule has 1 aliphatic carbocycles. The highest BCUT2D eigenvalue weighted by Crippen LogP contribution is 2.63. The molecule has 0 heterocycles. The van der Waals surface area contributed by atoms with Crippen molar-refractivity contribution in [1.82, 2.24) is 0 Å². The van der Waals surface area contributed by atoms with Gasteiger partial charge in [-0.15, -0.1) is 0 Å². The number of alkyl halides is 11. The average molecular weight is 374 g/mol. The molecule has 0 saturated carbocycles. The molecule has 0 saturated heterocycles. The van der Waals surface area contributed by atoms with Crippen LogP contribution in [0.5, 0.6) is 0 Å². The fourth-order valence-electron chi connectivity index (χ4n) is 1.56. The quantitative estimate of drug-likeness (QED) is 0.562. The zero-order valence-corrected chi connectivity index (χ0v) is 9.79. The fraction of sp³-hybridized carbons (Fsp3) is 0.556. The van der Waals surface area contributed by atoms with Crippen LogP contribution < -0.4 is 0 Å². The van der Waals surface area contributed by atoms with Crippen LogP contribution >= 0.6 is 0 Å². The van der Waals surface area contributed by atoms with E-state index in [1.807, 2.05) is 0 Å². The molecule has 134 valence electrons. The first-order chi connectivity index (χ1) is 9.85. The van der Waals surface area contributed by atoms with Gasteiger partial charge in [0.1, 0.15) is 5.57 Å². The molecule has 1 aliphatic rings. The minimum Gasteiger partial charge on any atom is -0.204 e. The molecule has 0 fully saturated rings. The first-order valence-electron chi connectivity index (χ1n) is 4.90. The van der Waals surface area contributed by atoms with Gasteiger partial charge in [-0.05, 0) is 0 Å². The van der Waals surface area contributed by atoms with Gasteiger partial charge in [0, 0.05) is 0 Å². The van der Waals surface area contributed by atoms with Crippen molar-refractivity contribution in [3.63, 3.8) is 0 Å². The maximum Gasteiger partial charge on any atom is 0.460 e. The summed E-state index contributed by atoms with van der Waals surface area (Å²) in [5, 5.41) is 0. The lowest BCUT2D eigenvalue weighted by atomic mass is 9.96. The fourth-order valence-corrected chi connectivity index (χ4v) is 1.56. The standard InChI is InChI=1S/C9F14/c10-3-1(6(15,16)8(19,20)9(21,22)23)2(4(11)12)5(13,14)7(3,17)18. The van der Waals surface area contributed by atoms with Crippen molar-refractivity contribution in [2.75, 3.05) is 0 Å². The van der Waals surface area contributed by atoms with Crippen molar-refractivity contribution in [2.24, 2.45) is 0 Å². The summed E-state index contributed by atoms with van der Waals surface area (Å²) in [5.74, 6) is -31.7. The molecule has 0 aromatic rings. The Labute approximate surface area is 116 Å². The van der Waals surface area contributed by atoms with Gasteiger partial charge in [0.05, 0.1) is 5.57 Å². The Balaban J connectivity index is 3.82. The van der Waals surface area contributed by atoms with E-state index in [4.69, 9.17) is 0 Å². The highest BCUT2D eigenvalue weighted by Gasteiger charge is 2.81. The topological polar surface area (TPSA) is 0 Å². The third-order valence-electron chi connectivity index (χ3n) is 2.71. The van der Waals surface area contributed by atoms with Gasteiger partial charge < -0.3 is 0 Å². The van der Waals surface area contributed by atoms with Crippen LogP contribution in [0.25, 0.3) is 0 Å². The molecule has 0 aromatic heterocycles. The first kappa shape index (κ1) is 19.5. The van der Waals surface area contributed by atoms with E-state index in [-0.39, 0.29) is 0 Å². The van der Waals surface area contributed by atoms with Crippen molar-refractivity contribution in [2.45, 2.75) is 29.9 Å². The van der Waals surface area contributed by atoms with Crippen LogP contribution in [0.1, 0.15) is 0 Å². The lowest BCUT2D eigenvalue weighted by molar-refractivity contribution is -0.344. The summed E-state index contributed by atoms with van der Waals surface area (Å²) in [6, 6.07) is 0. The van der Waals surface area contributed by atoms with Gasteiger partial charge in [-0.1, -0.05) is 0 Å². The number of hydrogen-bond acceptors (Lipinski definition) is 0. The van der Waals surface area contributed by atoms with Crippen LogP contribution in [0.2, 0.25) is 0 Å². The smallest absolute Gasteiger partial charge is 0.204 e. The molecule has 0 amide bonds. The van der Waals surface area contributed by atoms with E-state index >= 15 is 0 Å². The molecule has 0 radical (unpaired) electrons. The summed E-state index contributed by atoms with van der Waals surface area (Å²) in [7, 11) is 0. The summed E-state index contributed by atoms with van der Waals surface area (Å²) >= 11 is 0. The number of allylic oxidation sites excluding steroid dienone is 3. The van der Waals surface area contributed by atoms with Crippen LogP contribution in [0.15, 0.2) is 23.1 Å². The largest absolute Gasteiger partial charge is 0.460 e. The zero-order chi connectivity index (χ0) is 18.8. The predicted octanol–water partition coefficient (Wildman–Crippen LogP) is 5.48. The highest BCUT2D eigenvalue weighted by molar-refractivity contribution is 5.55. The number of halogens is 14. The highest BCUT2D eigenvalue weighted by atomic mass is 19.4. The summed E-state index contributed by atoms with van der Waals surface area (Å²) in [6.45, 7) is 0. The van der Waals surface area contributed by atoms with E-state index in [1.54, 1.807) is 0 Å². The van der Waals surface area contributed by atoms with Gasteiger partial charge in [-0.25, -0.2) is 4.39 Å². The Morgan fingerprint density at radius 1 is 0.739 bits per heavy atom. The monoisotopic (exact) mass is 374 g/mol. The summed E-state index contributed by atoms with van der Waals surface area (Å²) in [6.07, 6.45) is -11.4. The Hall–Kier alpha value is -1.50. The summed E-state index contributed by atoms with van der Waals surface area (Å²) < 4.78 is 176. The summed E-state index contributed by atoms with van der Waals surface area (Å²) in [5.41, 5.74) is -8.02. The second-order valence-corrected chi connectivity index (χ2v) is 4.12. The maximum absolute atomic E-state index is 13.1. The molecule has 0 N–H and O–H groups in total. The van der Waals surface area contributed by atoms with E-state index in [0.29, 0.717) is 0 Å². The minimum atomic E-state index is -7.39. The molecule has 0 aliphatic heterocycles. The first-order valence-corrected chi connectivity index (χ1v) is 4.90. The van der Waals surface area contributed by atoms with Crippen LogP contribution in [-0.2, 0) is 0 Å². The van der Waals surface area contributed by atoms with Gasteiger partial charge in [-0.2, -0.15) is 57.1 Å². The molecule has 23 heavy (non-hydrogen) atoms. The molecule has 14 heteroatoms. The van der Waals surface area contributed by atoms with Crippen LogP contribution in [0.3, 0.4) is 0 Å². The third kappa shape index (κ3) is 2.28. The van der Waals surface area contributed by atoms with E-state index in [9.17, 15) is 61.5 Å². The van der Waals surface area contributed by atoms with Crippen LogP contribution in [0.4, 0.5) is 61.5 Å². The molecule has 0 unspecified atom stereocenters. The third-order valence-corrected chi connectivity index (χ3v) is 2.71. The maximum atomic E-state index is 13.1. The van der Waals surface area contributed by atoms with Gasteiger partial charge in [-0.3, -0.25) is 0 Å². The lowest BCUT2D eigenvalue weighted by Crippen LogP contribution is -2.53. The minimum absolute atomic E-state index is 3.92. The number of hydrogen-bond donors (Lipinski definition) is 0. The second-order valence-electron chi connectivity index (χ2n) is 4.12. The Morgan fingerprint density at radius 2 is 1.13 bits per heavy atom. The second kappa shape index (κ2) is 4.75. The van der Waals surface area contributed by atoms with Crippen molar-refractivity contribution in [3.05, 3.63) is 23.1 Å². The van der Waals surface area contributed by atoms with Crippen molar-refractivity contribution < 1.29 is 61.5 Å². The molecular weight excluding hydrogens is 374 g/mol. The van der Waals surface area contributed by atoms with Gasteiger partial charge in [0.2, 0.25) is 0 Å². The van der Waals surface area contributed by atoms with E-state index in [1.165, 1.54) is 0 Å². The van der Waals surface area contributed by atoms with E-state index in [0.717, 1.165) is 0 Å². The molecule has 0 aromatic carbocycles. The molecule has 0 nitrogen and oxygen atoms in total. The SMILES string of the molecule is FC(F)=C1C(C(F)(F)C(F)(F)C(F)(F)F)=C(F)C(F)(F)C1(F)F. The lowest BCUT2D eigenvalue weighted by Gasteiger charge is -2.29. The molecule has 0 spiro atoms. The Kier molecular flexibility index (Phi) is 4.04. The normalized spacial score (nSPS) is 21.9. The summed E-state index contributed by atoms with van der Waals surface area (Å²) in [4.78, 5) is 0. The molecule has 0 bridgehead atoms. The molecule has 1 rings (SSSR count). The van der Waals surface area contributed by atoms with Crippen LogP contribution in [0, 0.1) is 0 Å².